The van der Waals surface area contributed by atoms with Crippen LogP contribution in [0.3, 0.4) is 0 Å². The van der Waals surface area contributed by atoms with Gasteiger partial charge in [0.25, 0.3) is 0 Å². The summed E-state index contributed by atoms with van der Waals surface area (Å²) in [7, 11) is 0. The Kier molecular flexibility index (Phi) is 6.78. The number of hydrogen-bond acceptors (Lipinski definition) is 6. The third-order valence-corrected chi connectivity index (χ3v) is 5.28. The number of hydrogen-bond donors (Lipinski definition) is 2. The average Bonchev–Trinajstić information content (AvgIpc) is 3.09. The van der Waals surface area contributed by atoms with Gasteiger partial charge in [0, 0.05) is 38.7 Å². The van der Waals surface area contributed by atoms with Gasteiger partial charge in [0.2, 0.25) is 17.6 Å². The van der Waals surface area contributed by atoms with E-state index in [4.69, 9.17) is 5.73 Å². The number of rotatable bonds is 8. The highest BCUT2D eigenvalue weighted by molar-refractivity contribution is 5.90. The Morgan fingerprint density at radius 3 is 2.70 bits per heavy atom. The standard InChI is InChI=1S/C20H26N6O4/c1-14-22-18(26(29)30)13-25(14)10-8-19(27)23-17-6-4-15(5-7-17)11-24-9-2-3-16(12-24)20(21)28/h4-7,13,16H,2-3,8-12H2,1H3,(H2,21,28)(H,23,27). The lowest BCUT2D eigenvalue weighted by molar-refractivity contribution is -0.389. The van der Waals surface area contributed by atoms with Crippen molar-refractivity contribution < 1.29 is 14.5 Å². The van der Waals surface area contributed by atoms with Crippen LogP contribution in [0, 0.1) is 23.0 Å². The van der Waals surface area contributed by atoms with Crippen LogP contribution in [-0.4, -0.2) is 44.3 Å². The zero-order valence-corrected chi connectivity index (χ0v) is 16.9. The highest BCUT2D eigenvalue weighted by Crippen LogP contribution is 2.19. The second-order valence-corrected chi connectivity index (χ2v) is 7.57. The van der Waals surface area contributed by atoms with Crippen LogP contribution in [0.2, 0.25) is 0 Å². The molecule has 2 amide bonds. The molecule has 1 fully saturated rings. The third kappa shape index (κ3) is 5.63. The van der Waals surface area contributed by atoms with Gasteiger partial charge in [0.15, 0.2) is 0 Å². The highest BCUT2D eigenvalue weighted by Gasteiger charge is 2.23. The summed E-state index contributed by atoms with van der Waals surface area (Å²) < 4.78 is 1.60. The Labute approximate surface area is 174 Å². The molecule has 1 aliphatic heterocycles. The minimum absolute atomic E-state index is 0.0853. The van der Waals surface area contributed by atoms with E-state index in [1.54, 1.807) is 11.5 Å². The van der Waals surface area contributed by atoms with E-state index in [0.717, 1.165) is 31.5 Å². The zero-order valence-electron chi connectivity index (χ0n) is 16.9. The van der Waals surface area contributed by atoms with Crippen LogP contribution in [-0.2, 0) is 22.7 Å². The molecule has 1 aliphatic rings. The number of carbonyl (C=O) groups is 2. The molecule has 0 aliphatic carbocycles. The van der Waals surface area contributed by atoms with E-state index in [9.17, 15) is 19.7 Å². The molecule has 10 heteroatoms. The molecule has 2 heterocycles. The molecule has 0 spiro atoms. The minimum Gasteiger partial charge on any atom is -0.369 e. The van der Waals surface area contributed by atoms with Gasteiger partial charge in [-0.25, -0.2) is 0 Å². The van der Waals surface area contributed by atoms with Crippen LogP contribution < -0.4 is 11.1 Å². The summed E-state index contributed by atoms with van der Waals surface area (Å²) in [6.07, 6.45) is 3.32. The first-order valence-electron chi connectivity index (χ1n) is 9.90. The van der Waals surface area contributed by atoms with Gasteiger partial charge in [-0.1, -0.05) is 12.1 Å². The van der Waals surface area contributed by atoms with Crippen molar-refractivity contribution in [3.8, 4) is 0 Å². The molecule has 0 radical (unpaired) electrons. The third-order valence-electron chi connectivity index (χ3n) is 5.28. The number of nitrogens with two attached hydrogens (primary N) is 1. The van der Waals surface area contributed by atoms with E-state index in [1.165, 1.54) is 6.20 Å². The number of nitrogens with zero attached hydrogens (tertiary/aromatic N) is 4. The predicted octanol–water partition coefficient (Wildman–Crippen LogP) is 1.83. The summed E-state index contributed by atoms with van der Waals surface area (Å²) in [6, 6.07) is 7.59. The molecule has 160 valence electrons. The van der Waals surface area contributed by atoms with Crippen molar-refractivity contribution in [1.82, 2.24) is 14.5 Å². The second kappa shape index (κ2) is 9.49. The van der Waals surface area contributed by atoms with Crippen molar-refractivity contribution >= 4 is 23.3 Å². The lowest BCUT2D eigenvalue weighted by atomic mass is 9.97. The first kappa shape index (κ1) is 21.4. The minimum atomic E-state index is -0.553. The van der Waals surface area contributed by atoms with Crippen molar-refractivity contribution in [3.05, 3.63) is 52.0 Å². The molecule has 0 bridgehead atoms. The van der Waals surface area contributed by atoms with Crippen molar-refractivity contribution in [3.63, 3.8) is 0 Å². The first-order valence-corrected chi connectivity index (χ1v) is 9.90. The molecule has 1 saturated heterocycles. The molecule has 0 saturated carbocycles. The number of nitrogens with one attached hydrogen (secondary N) is 1. The zero-order chi connectivity index (χ0) is 21.7. The molecule has 3 N–H and O–H groups in total. The lowest BCUT2D eigenvalue weighted by Gasteiger charge is -2.31. The molecule has 1 atom stereocenters. The SMILES string of the molecule is Cc1nc([N+](=O)[O-])cn1CCC(=O)Nc1ccc(CN2CCCC(C(N)=O)C2)cc1. The van der Waals surface area contributed by atoms with Crippen LogP contribution in [0.1, 0.15) is 30.7 Å². The number of imidazole rings is 1. The van der Waals surface area contributed by atoms with Gasteiger partial charge in [0.05, 0.1) is 5.92 Å². The quantitative estimate of drug-likeness (QED) is 0.499. The van der Waals surface area contributed by atoms with E-state index in [0.29, 0.717) is 24.6 Å². The van der Waals surface area contributed by atoms with Crippen LogP contribution in [0.5, 0.6) is 0 Å². The Morgan fingerprint density at radius 2 is 2.07 bits per heavy atom. The Balaban J connectivity index is 1.48. The smallest absolute Gasteiger partial charge is 0.369 e. The van der Waals surface area contributed by atoms with E-state index >= 15 is 0 Å². The number of carbonyl (C=O) groups excluding carboxylic acids is 2. The summed E-state index contributed by atoms with van der Waals surface area (Å²) in [5.74, 6) is -0.232. The maximum absolute atomic E-state index is 12.2. The molecule has 10 nitrogen and oxygen atoms in total. The second-order valence-electron chi connectivity index (χ2n) is 7.57. The van der Waals surface area contributed by atoms with Crippen molar-refractivity contribution in [2.75, 3.05) is 18.4 Å². The van der Waals surface area contributed by atoms with Crippen LogP contribution in [0.15, 0.2) is 30.5 Å². The van der Waals surface area contributed by atoms with Gasteiger partial charge in [0.1, 0.15) is 6.20 Å². The fraction of sp³-hybridized carbons (Fsp3) is 0.450. The van der Waals surface area contributed by atoms with E-state index < -0.39 is 4.92 Å². The van der Waals surface area contributed by atoms with Crippen LogP contribution >= 0.6 is 0 Å². The number of aryl methyl sites for hydroxylation is 2. The van der Waals surface area contributed by atoms with Gasteiger partial charge in [-0.3, -0.25) is 14.5 Å². The van der Waals surface area contributed by atoms with Gasteiger partial charge >= 0.3 is 5.82 Å². The molecule has 2 aromatic rings. The summed E-state index contributed by atoms with van der Waals surface area (Å²) in [5, 5.41) is 13.6. The van der Waals surface area contributed by atoms with Crippen LogP contribution in [0.4, 0.5) is 11.5 Å². The van der Waals surface area contributed by atoms with Gasteiger partial charge in [-0.15, -0.1) is 0 Å². The van der Waals surface area contributed by atoms with E-state index in [2.05, 4.69) is 15.2 Å². The normalized spacial score (nSPS) is 16.9. The first-order chi connectivity index (χ1) is 14.3. The Morgan fingerprint density at radius 1 is 1.33 bits per heavy atom. The predicted molar refractivity (Wildman–Crippen MR) is 111 cm³/mol. The highest BCUT2D eigenvalue weighted by atomic mass is 16.6. The number of anilines is 1. The number of piperidine rings is 1. The number of amides is 2. The van der Waals surface area contributed by atoms with Gasteiger partial charge < -0.3 is 25.7 Å². The molecular formula is C20H26N6O4. The number of likely N-dealkylation sites (tertiary alicyclic amines) is 1. The van der Waals surface area contributed by atoms with Crippen molar-refractivity contribution in [2.24, 2.45) is 11.7 Å². The molecule has 1 unspecified atom stereocenters. The molecule has 3 rings (SSSR count). The van der Waals surface area contributed by atoms with Gasteiger partial charge in [-0.2, -0.15) is 0 Å². The van der Waals surface area contributed by atoms with Gasteiger partial charge in [-0.05, 0) is 47.0 Å². The Bertz CT molecular complexity index is 924. The summed E-state index contributed by atoms with van der Waals surface area (Å²) in [5.41, 5.74) is 7.22. The van der Waals surface area contributed by atoms with E-state index in [-0.39, 0.29) is 30.0 Å². The maximum atomic E-state index is 12.2. The van der Waals surface area contributed by atoms with Crippen molar-refractivity contribution in [2.45, 2.75) is 39.3 Å². The summed E-state index contributed by atoms with van der Waals surface area (Å²) in [4.78, 5) is 39.9. The van der Waals surface area contributed by atoms with E-state index in [1.807, 2.05) is 24.3 Å². The lowest BCUT2D eigenvalue weighted by Crippen LogP contribution is -2.40. The number of nitro groups is 1. The number of primary amides is 1. The number of aromatic nitrogens is 2. The molecule has 1 aromatic heterocycles. The maximum Gasteiger partial charge on any atom is 0.381 e. The average molecular weight is 414 g/mol. The molecular weight excluding hydrogens is 388 g/mol. The monoisotopic (exact) mass is 414 g/mol. The van der Waals surface area contributed by atoms with Crippen LogP contribution in [0.25, 0.3) is 0 Å². The fourth-order valence-corrected chi connectivity index (χ4v) is 3.63. The largest absolute Gasteiger partial charge is 0.381 e. The summed E-state index contributed by atoms with van der Waals surface area (Å²) >= 11 is 0. The number of benzene rings is 1. The molecule has 1 aromatic carbocycles. The summed E-state index contributed by atoms with van der Waals surface area (Å²) in [6.45, 7) is 4.33. The Hall–Kier alpha value is -3.27. The molecule has 30 heavy (non-hydrogen) atoms. The van der Waals surface area contributed by atoms with Crippen molar-refractivity contribution in [1.29, 1.82) is 0 Å². The topological polar surface area (TPSA) is 136 Å². The fourth-order valence-electron chi connectivity index (χ4n) is 3.63.